The maximum absolute atomic E-state index is 12.9. The Bertz CT molecular complexity index is 460. The Balaban J connectivity index is 1.72. The summed E-state index contributed by atoms with van der Waals surface area (Å²) in [5.41, 5.74) is 0. The van der Waals surface area contributed by atoms with E-state index in [9.17, 15) is 14.7 Å². The fourth-order valence-electron chi connectivity index (χ4n) is 4.43. The molecule has 5 heteroatoms. The van der Waals surface area contributed by atoms with Gasteiger partial charge in [0.2, 0.25) is 5.91 Å². The Kier molecular flexibility index (Phi) is 4.02. The average Bonchev–Trinajstić information content (AvgIpc) is 3.07. The molecule has 2 fully saturated rings. The summed E-state index contributed by atoms with van der Waals surface area (Å²) in [6, 6.07) is 0. The maximum Gasteiger partial charge on any atom is 0.307 e. The van der Waals surface area contributed by atoms with Gasteiger partial charge in [0.15, 0.2) is 0 Å². The number of amides is 1. The molecule has 0 radical (unpaired) electrons. The molecule has 2 bridgehead atoms. The number of hydrogen-bond donors (Lipinski definition) is 2. The lowest BCUT2D eigenvalue weighted by molar-refractivity contribution is -0.151. The van der Waals surface area contributed by atoms with Crippen molar-refractivity contribution in [2.45, 2.75) is 19.3 Å². The quantitative estimate of drug-likeness (QED) is 0.758. The monoisotopic (exact) mass is 292 g/mol. The first kappa shape index (κ1) is 14.6. The Hall–Kier alpha value is -1.36. The van der Waals surface area contributed by atoms with Crippen LogP contribution in [0.1, 0.15) is 19.3 Å². The number of carbonyl (C=O) groups is 2. The minimum atomic E-state index is -0.811. The van der Waals surface area contributed by atoms with Crippen molar-refractivity contribution in [2.24, 2.45) is 29.6 Å². The Morgan fingerprint density at radius 1 is 1.29 bits per heavy atom. The molecule has 1 amide bonds. The predicted octanol–water partition coefficient (Wildman–Crippen LogP) is 0.967. The molecular formula is C16H24N2O3. The molecule has 2 N–H and O–H groups in total. The number of carbonyl (C=O) groups excluding carboxylic acids is 1. The fraction of sp³-hybridized carbons (Fsp3) is 0.750. The minimum Gasteiger partial charge on any atom is -0.481 e. The molecule has 21 heavy (non-hydrogen) atoms. The van der Waals surface area contributed by atoms with Crippen LogP contribution in [0.2, 0.25) is 0 Å². The molecule has 3 unspecified atom stereocenters. The van der Waals surface area contributed by atoms with Crippen molar-refractivity contribution in [1.82, 2.24) is 10.2 Å². The van der Waals surface area contributed by atoms with Crippen LogP contribution in [0.4, 0.5) is 0 Å². The van der Waals surface area contributed by atoms with E-state index in [4.69, 9.17) is 0 Å². The summed E-state index contributed by atoms with van der Waals surface area (Å²) in [5, 5.41) is 12.7. The lowest BCUT2D eigenvalue weighted by Crippen LogP contribution is -2.48. The van der Waals surface area contributed by atoms with Crippen LogP contribution in [0.3, 0.4) is 0 Å². The van der Waals surface area contributed by atoms with Crippen molar-refractivity contribution in [3.8, 4) is 0 Å². The van der Waals surface area contributed by atoms with Gasteiger partial charge in [0.1, 0.15) is 0 Å². The predicted molar refractivity (Wildman–Crippen MR) is 78.6 cm³/mol. The third-order valence-electron chi connectivity index (χ3n) is 5.35. The van der Waals surface area contributed by atoms with E-state index in [0.717, 1.165) is 38.9 Å². The van der Waals surface area contributed by atoms with Gasteiger partial charge in [-0.25, -0.2) is 0 Å². The van der Waals surface area contributed by atoms with E-state index in [1.165, 1.54) is 0 Å². The Morgan fingerprint density at radius 3 is 2.67 bits per heavy atom. The van der Waals surface area contributed by atoms with Gasteiger partial charge in [-0.05, 0) is 50.6 Å². The first-order valence-corrected chi connectivity index (χ1v) is 7.96. The maximum atomic E-state index is 12.9. The summed E-state index contributed by atoms with van der Waals surface area (Å²) < 4.78 is 0. The topological polar surface area (TPSA) is 69.6 Å². The number of carboxylic acid groups (broad SMARTS) is 1. The van der Waals surface area contributed by atoms with E-state index in [1.54, 1.807) is 0 Å². The summed E-state index contributed by atoms with van der Waals surface area (Å²) in [6.45, 7) is 2.47. The van der Waals surface area contributed by atoms with E-state index in [-0.39, 0.29) is 23.7 Å². The number of rotatable bonds is 4. The molecular weight excluding hydrogens is 268 g/mol. The third-order valence-corrected chi connectivity index (χ3v) is 5.35. The SMILES string of the molecule is CNCC1CCCN(C(=O)[C@H]2C3C=CC(C3)[C@H]2C(=O)O)C1. The lowest BCUT2D eigenvalue weighted by atomic mass is 9.81. The highest BCUT2D eigenvalue weighted by Gasteiger charge is 2.52. The average molecular weight is 292 g/mol. The van der Waals surface area contributed by atoms with E-state index >= 15 is 0 Å². The van der Waals surface area contributed by atoms with E-state index in [0.29, 0.717) is 5.92 Å². The van der Waals surface area contributed by atoms with Crippen LogP contribution >= 0.6 is 0 Å². The zero-order chi connectivity index (χ0) is 15.0. The number of likely N-dealkylation sites (tertiary alicyclic amines) is 1. The molecule has 0 aromatic heterocycles. The largest absolute Gasteiger partial charge is 0.481 e. The van der Waals surface area contributed by atoms with Crippen molar-refractivity contribution >= 4 is 11.9 Å². The van der Waals surface area contributed by atoms with E-state index in [2.05, 4.69) is 11.4 Å². The van der Waals surface area contributed by atoms with Gasteiger partial charge >= 0.3 is 5.97 Å². The number of hydrogen-bond acceptors (Lipinski definition) is 3. The van der Waals surface area contributed by atoms with Crippen molar-refractivity contribution in [2.75, 3.05) is 26.7 Å². The van der Waals surface area contributed by atoms with Crippen molar-refractivity contribution in [3.63, 3.8) is 0 Å². The molecule has 1 saturated carbocycles. The second kappa shape index (κ2) is 5.79. The highest BCUT2D eigenvalue weighted by molar-refractivity contribution is 5.87. The first-order valence-electron chi connectivity index (χ1n) is 7.96. The second-order valence-electron chi connectivity index (χ2n) is 6.69. The molecule has 1 saturated heterocycles. The fourth-order valence-corrected chi connectivity index (χ4v) is 4.43. The van der Waals surface area contributed by atoms with Crippen LogP contribution in [-0.2, 0) is 9.59 Å². The highest BCUT2D eigenvalue weighted by atomic mass is 16.4. The molecule has 0 spiro atoms. The molecule has 1 aliphatic heterocycles. The zero-order valence-electron chi connectivity index (χ0n) is 12.5. The molecule has 0 aromatic rings. The number of carboxylic acids is 1. The van der Waals surface area contributed by atoms with Crippen LogP contribution in [0, 0.1) is 29.6 Å². The standard InChI is InChI=1S/C16H24N2O3/c1-17-8-10-3-2-6-18(9-10)15(19)13-11-4-5-12(7-11)14(13)16(20)21/h4-5,10-14,17H,2-3,6-9H2,1H3,(H,20,21)/t10?,11?,12?,13-,14+/m0/s1. The minimum absolute atomic E-state index is 0.0549. The van der Waals surface area contributed by atoms with Gasteiger partial charge in [0.05, 0.1) is 11.8 Å². The number of aliphatic carboxylic acids is 1. The molecule has 5 nitrogen and oxygen atoms in total. The normalized spacial score (nSPS) is 38.0. The number of piperidine rings is 1. The van der Waals surface area contributed by atoms with Gasteiger partial charge < -0.3 is 15.3 Å². The Labute approximate surface area is 125 Å². The summed E-state index contributed by atoms with van der Waals surface area (Å²) in [5.74, 6) is -0.921. The van der Waals surface area contributed by atoms with Gasteiger partial charge in [0.25, 0.3) is 0 Å². The number of nitrogens with one attached hydrogen (secondary N) is 1. The van der Waals surface area contributed by atoms with E-state index in [1.807, 2.05) is 18.0 Å². The lowest BCUT2D eigenvalue weighted by Gasteiger charge is -2.36. The van der Waals surface area contributed by atoms with Crippen LogP contribution in [-0.4, -0.2) is 48.6 Å². The molecule has 1 heterocycles. The number of allylic oxidation sites excluding steroid dienone is 2. The van der Waals surface area contributed by atoms with Crippen LogP contribution in [0.15, 0.2) is 12.2 Å². The molecule has 3 aliphatic rings. The summed E-state index contributed by atoms with van der Waals surface area (Å²) >= 11 is 0. The Morgan fingerprint density at radius 2 is 2.00 bits per heavy atom. The molecule has 116 valence electrons. The number of fused-ring (bicyclic) bond motifs is 2. The first-order chi connectivity index (χ1) is 10.1. The van der Waals surface area contributed by atoms with Crippen LogP contribution in [0.25, 0.3) is 0 Å². The zero-order valence-corrected chi connectivity index (χ0v) is 12.5. The van der Waals surface area contributed by atoms with Crippen LogP contribution in [0.5, 0.6) is 0 Å². The van der Waals surface area contributed by atoms with Crippen LogP contribution < -0.4 is 5.32 Å². The molecule has 5 atom stereocenters. The third kappa shape index (κ3) is 2.59. The van der Waals surface area contributed by atoms with Crippen molar-refractivity contribution in [1.29, 1.82) is 0 Å². The molecule has 3 rings (SSSR count). The summed E-state index contributed by atoms with van der Waals surface area (Å²) in [7, 11) is 1.93. The number of nitrogens with zero attached hydrogens (tertiary/aromatic N) is 1. The highest BCUT2D eigenvalue weighted by Crippen LogP contribution is 2.49. The summed E-state index contributed by atoms with van der Waals surface area (Å²) in [6.07, 6.45) is 7.05. The summed E-state index contributed by atoms with van der Waals surface area (Å²) in [4.78, 5) is 26.3. The molecule has 0 aromatic carbocycles. The molecule has 2 aliphatic carbocycles. The van der Waals surface area contributed by atoms with Crippen molar-refractivity contribution < 1.29 is 14.7 Å². The van der Waals surface area contributed by atoms with Gasteiger partial charge in [-0.2, -0.15) is 0 Å². The van der Waals surface area contributed by atoms with Crippen molar-refractivity contribution in [3.05, 3.63) is 12.2 Å². The second-order valence-corrected chi connectivity index (χ2v) is 6.69. The smallest absolute Gasteiger partial charge is 0.307 e. The van der Waals surface area contributed by atoms with Gasteiger partial charge in [0, 0.05) is 13.1 Å². The van der Waals surface area contributed by atoms with Gasteiger partial charge in [-0.15, -0.1) is 0 Å². The van der Waals surface area contributed by atoms with Gasteiger partial charge in [-0.1, -0.05) is 12.2 Å². The van der Waals surface area contributed by atoms with E-state index < -0.39 is 11.9 Å². The van der Waals surface area contributed by atoms with Gasteiger partial charge in [-0.3, -0.25) is 9.59 Å².